The van der Waals surface area contributed by atoms with Crippen LogP contribution in [0.25, 0.3) is 0 Å². The van der Waals surface area contributed by atoms with Crippen LogP contribution in [-0.4, -0.2) is 47.4 Å². The number of sulfonamides is 1. The Morgan fingerprint density at radius 3 is 2.29 bits per heavy atom. The first kappa shape index (κ1) is 25.5. The third-order valence-electron chi connectivity index (χ3n) is 5.62. The largest absolute Gasteiger partial charge is 0.443 e. The van der Waals surface area contributed by atoms with Crippen LogP contribution in [0.3, 0.4) is 0 Å². The molecule has 2 atom stereocenters. The maximum Gasteiger partial charge on any atom is 0.418 e. The van der Waals surface area contributed by atoms with Crippen LogP contribution in [0, 0.1) is 6.92 Å². The van der Waals surface area contributed by atoms with E-state index >= 15 is 0 Å². The van der Waals surface area contributed by atoms with Crippen molar-refractivity contribution < 1.29 is 22.7 Å². The monoisotopic (exact) mass is 484 g/mol. The molecule has 2 aromatic carbocycles. The van der Waals surface area contributed by atoms with Crippen molar-refractivity contribution in [3.05, 3.63) is 78.4 Å². The van der Waals surface area contributed by atoms with E-state index in [2.05, 4.69) is 6.58 Å². The van der Waals surface area contributed by atoms with Crippen molar-refractivity contribution in [2.45, 2.75) is 69.5 Å². The van der Waals surface area contributed by atoms with Gasteiger partial charge in [0.2, 0.25) is 0 Å². The van der Waals surface area contributed by atoms with Gasteiger partial charge in [-0.2, -0.15) is 0 Å². The Morgan fingerprint density at radius 2 is 1.74 bits per heavy atom. The standard InChI is InChI=1S/C26H32N2O5S/c1-6-21-18-22(15-14-20-10-8-7-9-11-20)27(25(30)33-26(3,4)5)24(29)28(21)34(31,32)23-16-12-19(2)13-17-23/h6-13,16-17,21-22H,1,14-15,18H2,2-5H3/t21-,22-/m0/s1. The third-order valence-corrected chi connectivity index (χ3v) is 7.44. The summed E-state index contributed by atoms with van der Waals surface area (Å²) >= 11 is 0. The van der Waals surface area contributed by atoms with E-state index < -0.39 is 39.8 Å². The molecule has 0 aromatic heterocycles. The minimum absolute atomic E-state index is 0.0230. The number of imide groups is 1. The number of ether oxygens (including phenoxy) is 1. The smallest absolute Gasteiger partial charge is 0.418 e. The van der Waals surface area contributed by atoms with Gasteiger partial charge in [-0.15, -0.1) is 6.58 Å². The summed E-state index contributed by atoms with van der Waals surface area (Å²) < 4.78 is 33.2. The highest BCUT2D eigenvalue weighted by Crippen LogP contribution is 2.32. The Balaban J connectivity index is 1.98. The molecule has 0 unspecified atom stereocenters. The summed E-state index contributed by atoms with van der Waals surface area (Å²) in [5.41, 5.74) is 1.10. The normalized spacial score (nSPS) is 19.1. The van der Waals surface area contributed by atoms with E-state index in [1.54, 1.807) is 32.9 Å². The van der Waals surface area contributed by atoms with Gasteiger partial charge in [0.15, 0.2) is 0 Å². The molecular formula is C26H32N2O5S. The predicted molar refractivity (Wildman–Crippen MR) is 131 cm³/mol. The van der Waals surface area contributed by atoms with E-state index in [0.717, 1.165) is 20.3 Å². The maximum absolute atomic E-state index is 13.7. The van der Waals surface area contributed by atoms with Crippen molar-refractivity contribution in [2.75, 3.05) is 0 Å². The highest BCUT2D eigenvalue weighted by molar-refractivity contribution is 7.89. The number of urea groups is 1. The van der Waals surface area contributed by atoms with Crippen LogP contribution in [0.15, 0.2) is 72.1 Å². The minimum atomic E-state index is -4.23. The van der Waals surface area contributed by atoms with Crippen LogP contribution in [0.1, 0.15) is 44.7 Å². The van der Waals surface area contributed by atoms with E-state index in [9.17, 15) is 18.0 Å². The Kier molecular flexibility index (Phi) is 7.51. The maximum atomic E-state index is 13.7. The van der Waals surface area contributed by atoms with Crippen LogP contribution in [-0.2, 0) is 21.2 Å². The number of hydrogen-bond acceptors (Lipinski definition) is 5. The molecule has 3 rings (SSSR count). The molecule has 3 amide bonds. The molecule has 1 aliphatic heterocycles. The molecular weight excluding hydrogens is 452 g/mol. The molecule has 0 aliphatic carbocycles. The van der Waals surface area contributed by atoms with E-state index in [-0.39, 0.29) is 11.3 Å². The van der Waals surface area contributed by atoms with E-state index in [1.165, 1.54) is 18.2 Å². The molecule has 1 saturated heterocycles. The number of amides is 3. The highest BCUT2D eigenvalue weighted by atomic mass is 32.2. The Morgan fingerprint density at radius 1 is 1.12 bits per heavy atom. The van der Waals surface area contributed by atoms with Crippen molar-refractivity contribution in [3.8, 4) is 0 Å². The fraction of sp³-hybridized carbons (Fsp3) is 0.385. The number of carbonyl (C=O) groups is 2. The van der Waals surface area contributed by atoms with Gasteiger partial charge >= 0.3 is 12.1 Å². The fourth-order valence-electron chi connectivity index (χ4n) is 3.94. The summed E-state index contributed by atoms with van der Waals surface area (Å²) in [6.45, 7) is 10.7. The van der Waals surface area contributed by atoms with Gasteiger partial charge in [-0.3, -0.25) is 0 Å². The molecule has 0 radical (unpaired) electrons. The van der Waals surface area contributed by atoms with Crippen molar-refractivity contribution in [3.63, 3.8) is 0 Å². The Bertz CT molecular complexity index is 1140. The second kappa shape index (κ2) is 10.0. The summed E-state index contributed by atoms with van der Waals surface area (Å²) in [5.74, 6) is 0. The molecule has 8 heteroatoms. The van der Waals surface area contributed by atoms with Crippen molar-refractivity contribution in [1.29, 1.82) is 0 Å². The van der Waals surface area contributed by atoms with Crippen molar-refractivity contribution >= 4 is 22.1 Å². The van der Waals surface area contributed by atoms with Gasteiger partial charge in [0.1, 0.15) is 5.60 Å². The summed E-state index contributed by atoms with van der Waals surface area (Å²) in [7, 11) is -4.23. The molecule has 34 heavy (non-hydrogen) atoms. The fourth-order valence-corrected chi connectivity index (χ4v) is 5.47. The molecule has 0 saturated carbocycles. The summed E-state index contributed by atoms with van der Waals surface area (Å²) in [5, 5.41) is 0. The average molecular weight is 485 g/mol. The summed E-state index contributed by atoms with van der Waals surface area (Å²) in [6, 6.07) is 13.7. The zero-order valence-electron chi connectivity index (χ0n) is 20.1. The molecule has 1 fully saturated rings. The van der Waals surface area contributed by atoms with E-state index in [0.29, 0.717) is 12.8 Å². The number of aryl methyl sites for hydroxylation is 2. The second-order valence-corrected chi connectivity index (χ2v) is 11.3. The lowest BCUT2D eigenvalue weighted by Crippen LogP contribution is -2.62. The molecule has 0 spiro atoms. The first-order valence-electron chi connectivity index (χ1n) is 11.3. The topological polar surface area (TPSA) is 84.0 Å². The molecule has 1 aliphatic rings. The van der Waals surface area contributed by atoms with Gasteiger partial charge in [0.25, 0.3) is 10.0 Å². The minimum Gasteiger partial charge on any atom is -0.443 e. The van der Waals surface area contributed by atoms with Gasteiger partial charge in [-0.05, 0) is 64.7 Å². The van der Waals surface area contributed by atoms with Crippen LogP contribution < -0.4 is 0 Å². The lowest BCUT2D eigenvalue weighted by Gasteiger charge is -2.43. The number of carbonyl (C=O) groups excluding carboxylic acids is 2. The second-order valence-electron chi connectivity index (χ2n) is 9.46. The molecule has 0 N–H and O–H groups in total. The Hall–Kier alpha value is -3.13. The summed E-state index contributed by atoms with van der Waals surface area (Å²) in [6.07, 6.45) is 1.91. The van der Waals surface area contributed by atoms with Crippen molar-refractivity contribution in [1.82, 2.24) is 9.21 Å². The van der Waals surface area contributed by atoms with Gasteiger partial charge in [0, 0.05) is 6.04 Å². The molecule has 7 nitrogen and oxygen atoms in total. The van der Waals surface area contributed by atoms with Gasteiger partial charge < -0.3 is 4.74 Å². The van der Waals surface area contributed by atoms with Gasteiger partial charge in [0.05, 0.1) is 10.9 Å². The number of hydrogen-bond donors (Lipinski definition) is 0. The van der Waals surface area contributed by atoms with Gasteiger partial charge in [-0.25, -0.2) is 27.2 Å². The van der Waals surface area contributed by atoms with E-state index in [1.807, 2.05) is 37.3 Å². The first-order valence-corrected chi connectivity index (χ1v) is 12.7. The molecule has 182 valence electrons. The average Bonchev–Trinajstić information content (AvgIpc) is 2.76. The molecule has 1 heterocycles. The quantitative estimate of drug-likeness (QED) is 0.519. The van der Waals surface area contributed by atoms with Crippen molar-refractivity contribution in [2.24, 2.45) is 0 Å². The zero-order chi connectivity index (χ0) is 25.1. The Labute approximate surface area is 202 Å². The van der Waals surface area contributed by atoms with Crippen LogP contribution in [0.2, 0.25) is 0 Å². The molecule has 0 bridgehead atoms. The van der Waals surface area contributed by atoms with E-state index in [4.69, 9.17) is 4.74 Å². The SMILES string of the molecule is C=C[C@H]1C[C@H](CCc2ccccc2)N(C(=O)OC(C)(C)C)C(=O)N1S(=O)(=O)c1ccc(C)cc1. The lowest BCUT2D eigenvalue weighted by atomic mass is 9.96. The predicted octanol–water partition coefficient (Wildman–Crippen LogP) is 5.30. The highest BCUT2D eigenvalue weighted by Gasteiger charge is 2.48. The van der Waals surface area contributed by atoms with Crippen LogP contribution >= 0.6 is 0 Å². The lowest BCUT2D eigenvalue weighted by molar-refractivity contribution is 0.0148. The van der Waals surface area contributed by atoms with Gasteiger partial charge in [-0.1, -0.05) is 54.1 Å². The van der Waals surface area contributed by atoms with Crippen LogP contribution in [0.5, 0.6) is 0 Å². The third kappa shape index (κ3) is 5.67. The number of nitrogens with zero attached hydrogens (tertiary/aromatic N) is 2. The number of benzene rings is 2. The van der Waals surface area contributed by atoms with Crippen LogP contribution in [0.4, 0.5) is 9.59 Å². The summed E-state index contributed by atoms with van der Waals surface area (Å²) in [4.78, 5) is 27.7. The first-order chi connectivity index (χ1) is 15.9. The number of rotatable bonds is 6. The molecule has 2 aromatic rings. The zero-order valence-corrected chi connectivity index (χ0v) is 20.9.